The molecule has 8 nitrogen and oxygen atoms in total. The molecule has 4 rings (SSSR count). The molecule has 0 saturated heterocycles. The minimum atomic E-state index is -3.81. The van der Waals surface area contributed by atoms with E-state index < -0.39 is 28.5 Å². The molecule has 0 aromatic heterocycles. The summed E-state index contributed by atoms with van der Waals surface area (Å²) in [4.78, 5) is 28.5. The average molecular weight is 592 g/mol. The van der Waals surface area contributed by atoms with Crippen LogP contribution >= 0.6 is 0 Å². The molecule has 1 atom stereocenters. The average Bonchev–Trinajstić information content (AvgIpc) is 3.00. The third-order valence-corrected chi connectivity index (χ3v) is 8.80. The molecule has 224 valence electrons. The van der Waals surface area contributed by atoms with Crippen LogP contribution in [0.1, 0.15) is 50.2 Å². The summed E-state index contributed by atoms with van der Waals surface area (Å²) in [6, 6.07) is 25.5. The van der Waals surface area contributed by atoms with Gasteiger partial charge in [-0.3, -0.25) is 13.9 Å². The van der Waals surface area contributed by atoms with Gasteiger partial charge in [-0.25, -0.2) is 8.42 Å². The quantitative estimate of drug-likeness (QED) is 0.304. The third kappa shape index (κ3) is 9.08. The Morgan fingerprint density at radius 3 is 2.07 bits per heavy atom. The number of nitrogens with one attached hydrogen (secondary N) is 1. The van der Waals surface area contributed by atoms with Gasteiger partial charge in [0.05, 0.1) is 11.9 Å². The number of ether oxygens (including phenoxy) is 1. The topological polar surface area (TPSA) is 96.0 Å². The first-order valence-corrected chi connectivity index (χ1v) is 16.4. The SMILES string of the molecule is C[C@H](C(=O)NC1CCCCC1)N(CCc1ccccc1)C(=O)CN(c1ccc(OCc2ccccc2)cc1)S(C)(=O)=O. The van der Waals surface area contributed by atoms with Crippen molar-refractivity contribution in [2.24, 2.45) is 0 Å². The Hall–Kier alpha value is -3.85. The van der Waals surface area contributed by atoms with Crippen molar-refractivity contribution in [1.29, 1.82) is 0 Å². The van der Waals surface area contributed by atoms with Gasteiger partial charge in [0.25, 0.3) is 0 Å². The Balaban J connectivity index is 1.48. The number of carbonyl (C=O) groups is 2. The van der Waals surface area contributed by atoms with Gasteiger partial charge in [0, 0.05) is 12.6 Å². The van der Waals surface area contributed by atoms with Crippen molar-refractivity contribution in [3.63, 3.8) is 0 Å². The minimum absolute atomic E-state index is 0.106. The fourth-order valence-electron chi connectivity index (χ4n) is 5.20. The van der Waals surface area contributed by atoms with Crippen molar-refractivity contribution in [2.75, 3.05) is 23.7 Å². The van der Waals surface area contributed by atoms with Crippen LogP contribution in [-0.4, -0.2) is 56.6 Å². The fourth-order valence-corrected chi connectivity index (χ4v) is 6.05. The van der Waals surface area contributed by atoms with Crippen LogP contribution in [0.3, 0.4) is 0 Å². The second-order valence-corrected chi connectivity index (χ2v) is 12.8. The highest BCUT2D eigenvalue weighted by Gasteiger charge is 2.31. The normalized spacial score (nSPS) is 14.5. The maximum absolute atomic E-state index is 13.8. The molecule has 0 bridgehead atoms. The Kier molecular flexibility index (Phi) is 11.0. The molecule has 1 saturated carbocycles. The van der Waals surface area contributed by atoms with E-state index >= 15 is 0 Å². The maximum atomic E-state index is 13.8. The molecule has 0 radical (unpaired) electrons. The van der Waals surface area contributed by atoms with Crippen molar-refractivity contribution in [3.8, 4) is 5.75 Å². The van der Waals surface area contributed by atoms with Crippen molar-refractivity contribution in [1.82, 2.24) is 10.2 Å². The van der Waals surface area contributed by atoms with E-state index in [1.165, 1.54) is 11.3 Å². The summed E-state index contributed by atoms with van der Waals surface area (Å²) in [5.74, 6) is -0.0685. The van der Waals surface area contributed by atoms with Crippen LogP contribution in [0, 0.1) is 0 Å². The lowest BCUT2D eigenvalue weighted by molar-refractivity contribution is -0.139. The monoisotopic (exact) mass is 591 g/mol. The summed E-state index contributed by atoms with van der Waals surface area (Å²) >= 11 is 0. The zero-order valence-electron chi connectivity index (χ0n) is 24.4. The van der Waals surface area contributed by atoms with Crippen LogP contribution in [0.5, 0.6) is 5.75 Å². The summed E-state index contributed by atoms with van der Waals surface area (Å²) in [5, 5.41) is 3.12. The molecule has 0 aliphatic heterocycles. The molecule has 1 aliphatic rings. The zero-order valence-corrected chi connectivity index (χ0v) is 25.3. The first-order valence-electron chi connectivity index (χ1n) is 14.6. The predicted octanol–water partition coefficient (Wildman–Crippen LogP) is 4.94. The number of rotatable bonds is 13. The molecular formula is C33H41N3O5S. The predicted molar refractivity (Wildman–Crippen MR) is 166 cm³/mol. The standard InChI is InChI=1S/C33H41N3O5S/c1-26(33(38)34-29-16-10-5-11-17-29)35(23-22-27-12-6-3-7-13-27)32(37)24-36(42(2,39)40)30-18-20-31(21-19-30)41-25-28-14-8-4-9-15-28/h3-4,6-9,12-15,18-21,26,29H,5,10-11,16-17,22-25H2,1-2H3,(H,34,38)/t26-/m1/s1. The Morgan fingerprint density at radius 2 is 1.48 bits per heavy atom. The lowest BCUT2D eigenvalue weighted by atomic mass is 9.95. The number of amides is 2. The fraction of sp³-hybridized carbons (Fsp3) is 0.394. The number of hydrogen-bond acceptors (Lipinski definition) is 5. The number of carbonyl (C=O) groups excluding carboxylic acids is 2. The number of benzene rings is 3. The van der Waals surface area contributed by atoms with E-state index in [-0.39, 0.29) is 18.5 Å². The smallest absolute Gasteiger partial charge is 0.244 e. The van der Waals surface area contributed by atoms with Crippen molar-refractivity contribution in [2.45, 2.75) is 64.1 Å². The van der Waals surface area contributed by atoms with Gasteiger partial charge >= 0.3 is 0 Å². The largest absolute Gasteiger partial charge is 0.489 e. The van der Waals surface area contributed by atoms with Gasteiger partial charge in [-0.15, -0.1) is 0 Å². The van der Waals surface area contributed by atoms with Crippen molar-refractivity contribution >= 4 is 27.5 Å². The maximum Gasteiger partial charge on any atom is 0.244 e. The first-order chi connectivity index (χ1) is 20.2. The highest BCUT2D eigenvalue weighted by molar-refractivity contribution is 7.92. The summed E-state index contributed by atoms with van der Waals surface area (Å²) in [7, 11) is -3.81. The molecule has 3 aromatic rings. The van der Waals surface area contributed by atoms with E-state index in [0.29, 0.717) is 24.5 Å². The Bertz CT molecular complexity index is 1390. The van der Waals surface area contributed by atoms with E-state index in [1.54, 1.807) is 31.2 Å². The lowest BCUT2D eigenvalue weighted by Crippen LogP contribution is -2.53. The van der Waals surface area contributed by atoms with Gasteiger partial charge in [-0.05, 0) is 61.6 Å². The summed E-state index contributed by atoms with van der Waals surface area (Å²) in [6.07, 6.45) is 6.82. The van der Waals surface area contributed by atoms with Gasteiger partial charge in [-0.1, -0.05) is 79.9 Å². The van der Waals surface area contributed by atoms with Gasteiger partial charge in [0.1, 0.15) is 24.9 Å². The number of sulfonamides is 1. The number of anilines is 1. The first kappa shape index (κ1) is 31.1. The van der Waals surface area contributed by atoms with E-state index in [9.17, 15) is 18.0 Å². The summed E-state index contributed by atoms with van der Waals surface area (Å²) in [5.41, 5.74) is 2.39. The second-order valence-electron chi connectivity index (χ2n) is 10.9. The highest BCUT2D eigenvalue weighted by Crippen LogP contribution is 2.23. The van der Waals surface area contributed by atoms with E-state index in [0.717, 1.165) is 47.4 Å². The van der Waals surface area contributed by atoms with Gasteiger partial charge in [-0.2, -0.15) is 0 Å². The molecule has 42 heavy (non-hydrogen) atoms. The van der Waals surface area contributed by atoms with E-state index in [2.05, 4.69) is 5.32 Å². The van der Waals surface area contributed by atoms with Gasteiger partial charge in [0.2, 0.25) is 21.8 Å². The van der Waals surface area contributed by atoms with Crippen LogP contribution in [0.15, 0.2) is 84.9 Å². The summed E-state index contributed by atoms with van der Waals surface area (Å²) in [6.45, 7) is 1.96. The van der Waals surface area contributed by atoms with E-state index in [4.69, 9.17) is 4.74 Å². The Morgan fingerprint density at radius 1 is 0.881 bits per heavy atom. The molecular weight excluding hydrogens is 550 g/mol. The van der Waals surface area contributed by atoms with Crippen LogP contribution in [0.4, 0.5) is 5.69 Å². The molecule has 2 amide bonds. The van der Waals surface area contributed by atoms with Crippen molar-refractivity contribution in [3.05, 3.63) is 96.1 Å². The van der Waals surface area contributed by atoms with E-state index in [1.807, 2.05) is 60.7 Å². The number of nitrogens with zero attached hydrogens (tertiary/aromatic N) is 2. The molecule has 1 aliphatic carbocycles. The minimum Gasteiger partial charge on any atom is -0.489 e. The lowest BCUT2D eigenvalue weighted by Gasteiger charge is -2.33. The second kappa shape index (κ2) is 14.9. The molecule has 3 aromatic carbocycles. The van der Waals surface area contributed by atoms with Gasteiger partial charge in [0.15, 0.2) is 0 Å². The van der Waals surface area contributed by atoms with Crippen LogP contribution in [0.25, 0.3) is 0 Å². The third-order valence-electron chi connectivity index (χ3n) is 7.66. The zero-order chi connectivity index (χ0) is 30.0. The molecule has 0 unspecified atom stereocenters. The molecule has 0 heterocycles. The molecule has 1 fully saturated rings. The van der Waals surface area contributed by atoms with Gasteiger partial charge < -0.3 is 15.0 Å². The van der Waals surface area contributed by atoms with Crippen LogP contribution in [0.2, 0.25) is 0 Å². The van der Waals surface area contributed by atoms with Crippen molar-refractivity contribution < 1.29 is 22.7 Å². The molecule has 1 N–H and O–H groups in total. The molecule has 9 heteroatoms. The molecule has 0 spiro atoms. The Labute approximate surface area is 249 Å². The summed E-state index contributed by atoms with van der Waals surface area (Å²) < 4.78 is 32.7. The highest BCUT2D eigenvalue weighted by atomic mass is 32.2. The van der Waals surface area contributed by atoms with Crippen LogP contribution < -0.4 is 14.4 Å². The van der Waals surface area contributed by atoms with Crippen LogP contribution in [-0.2, 0) is 32.6 Å². The number of hydrogen-bond donors (Lipinski definition) is 1.